The number of anilines is 2. The maximum atomic E-state index is 13.2. The van der Waals surface area contributed by atoms with Crippen molar-refractivity contribution in [1.29, 1.82) is 0 Å². The van der Waals surface area contributed by atoms with Crippen LogP contribution in [0, 0.1) is 5.41 Å². The maximum Gasteiger partial charge on any atom is 0.270 e. The number of sulfone groups is 1. The molecule has 10 heteroatoms. The van der Waals surface area contributed by atoms with E-state index in [0.717, 1.165) is 50.4 Å². The van der Waals surface area contributed by atoms with Crippen molar-refractivity contribution in [3.63, 3.8) is 0 Å². The van der Waals surface area contributed by atoms with Crippen LogP contribution in [0.4, 0.5) is 11.8 Å². The lowest BCUT2D eigenvalue weighted by Crippen LogP contribution is -2.46. The Hall–Kier alpha value is -2.82. The normalized spacial score (nSPS) is 19.2. The third-order valence-corrected chi connectivity index (χ3v) is 9.53. The van der Waals surface area contributed by atoms with Crippen LogP contribution in [0.5, 0.6) is 0 Å². The van der Waals surface area contributed by atoms with E-state index in [2.05, 4.69) is 28.1 Å². The van der Waals surface area contributed by atoms with Gasteiger partial charge in [0.25, 0.3) is 5.56 Å². The van der Waals surface area contributed by atoms with Gasteiger partial charge in [-0.2, -0.15) is 4.98 Å². The van der Waals surface area contributed by atoms with Crippen LogP contribution in [0.2, 0.25) is 0 Å². The van der Waals surface area contributed by atoms with Crippen molar-refractivity contribution >= 4 is 33.4 Å². The van der Waals surface area contributed by atoms with Gasteiger partial charge >= 0.3 is 0 Å². The standard InChI is InChI=1S/C25H29N5O3S2/c1-29-23(31)20(34-17-7-5-8-18(14-17)35(2,32)33)22(27)28-24(29)30-12-10-25(11-13-30)15-16-6-3-4-9-19(16)21(25)26/h3-9,14,21H,10-13,15,26-27H2,1-2H3/t21-/m1/s1. The Morgan fingerprint density at radius 3 is 2.51 bits per heavy atom. The molecule has 1 fully saturated rings. The molecule has 1 atom stereocenters. The summed E-state index contributed by atoms with van der Waals surface area (Å²) in [5.41, 5.74) is 15.3. The molecular formula is C25H29N5O3S2. The lowest BCUT2D eigenvalue weighted by atomic mass is 9.73. The number of aromatic nitrogens is 2. The molecule has 1 saturated heterocycles. The highest BCUT2D eigenvalue weighted by atomic mass is 32.2. The van der Waals surface area contributed by atoms with Gasteiger partial charge in [0.15, 0.2) is 9.84 Å². The molecule has 8 nitrogen and oxygen atoms in total. The van der Waals surface area contributed by atoms with E-state index < -0.39 is 9.84 Å². The van der Waals surface area contributed by atoms with Crippen molar-refractivity contribution < 1.29 is 8.42 Å². The molecule has 1 aromatic heterocycles. The summed E-state index contributed by atoms with van der Waals surface area (Å²) in [4.78, 5) is 21.0. The van der Waals surface area contributed by atoms with Crippen molar-refractivity contribution in [3.05, 3.63) is 70.0 Å². The SMILES string of the molecule is Cn1c(N2CCC3(CC2)Cc2ccccc2[C@H]3N)nc(N)c(Sc2cccc(S(C)(=O)=O)c2)c1=O. The van der Waals surface area contributed by atoms with Gasteiger partial charge in [0, 0.05) is 37.3 Å². The van der Waals surface area contributed by atoms with Crippen LogP contribution < -0.4 is 21.9 Å². The second-order valence-electron chi connectivity index (χ2n) is 9.54. The Morgan fingerprint density at radius 1 is 1.11 bits per heavy atom. The largest absolute Gasteiger partial charge is 0.382 e. The number of rotatable bonds is 4. The van der Waals surface area contributed by atoms with Gasteiger partial charge in [0.1, 0.15) is 10.7 Å². The number of hydrogen-bond donors (Lipinski definition) is 2. The Balaban J connectivity index is 1.37. The van der Waals surface area contributed by atoms with Crippen LogP contribution in [0.15, 0.2) is 68.0 Å². The molecular weight excluding hydrogens is 482 g/mol. The van der Waals surface area contributed by atoms with Crippen molar-refractivity contribution in [2.75, 3.05) is 30.0 Å². The predicted molar refractivity (Wildman–Crippen MR) is 139 cm³/mol. The Bertz CT molecular complexity index is 1460. The monoisotopic (exact) mass is 511 g/mol. The summed E-state index contributed by atoms with van der Waals surface area (Å²) >= 11 is 1.13. The fourth-order valence-electron chi connectivity index (χ4n) is 5.31. The minimum atomic E-state index is -3.36. The van der Waals surface area contributed by atoms with E-state index in [-0.39, 0.29) is 32.6 Å². The number of nitrogens with zero attached hydrogens (tertiary/aromatic N) is 3. The molecule has 1 aliphatic carbocycles. The van der Waals surface area contributed by atoms with Crippen LogP contribution in [-0.4, -0.2) is 37.3 Å². The van der Waals surface area contributed by atoms with E-state index in [1.807, 2.05) is 6.07 Å². The molecule has 2 aliphatic rings. The lowest BCUT2D eigenvalue weighted by molar-refractivity contribution is 0.186. The molecule has 0 amide bonds. The van der Waals surface area contributed by atoms with E-state index in [0.29, 0.717) is 10.8 Å². The molecule has 1 aliphatic heterocycles. The molecule has 35 heavy (non-hydrogen) atoms. The third-order valence-electron chi connectivity index (χ3n) is 7.34. The quantitative estimate of drug-likeness (QED) is 0.548. The summed E-state index contributed by atoms with van der Waals surface area (Å²) in [6.07, 6.45) is 3.95. The van der Waals surface area contributed by atoms with Gasteiger partial charge in [-0.05, 0) is 54.0 Å². The molecule has 2 aromatic carbocycles. The minimum Gasteiger partial charge on any atom is -0.382 e. The molecule has 4 N–H and O–H groups in total. The molecule has 0 saturated carbocycles. The number of fused-ring (bicyclic) bond motifs is 1. The molecule has 0 radical (unpaired) electrons. The van der Waals surface area contributed by atoms with E-state index >= 15 is 0 Å². The minimum absolute atomic E-state index is 0.0178. The van der Waals surface area contributed by atoms with Gasteiger partial charge in [-0.25, -0.2) is 8.42 Å². The van der Waals surface area contributed by atoms with Gasteiger partial charge in [0.05, 0.1) is 4.90 Å². The average Bonchev–Trinajstić information content (AvgIpc) is 3.10. The van der Waals surface area contributed by atoms with E-state index in [4.69, 9.17) is 11.5 Å². The highest BCUT2D eigenvalue weighted by molar-refractivity contribution is 7.99. The molecule has 2 heterocycles. The summed E-state index contributed by atoms with van der Waals surface area (Å²) in [6.45, 7) is 1.48. The maximum absolute atomic E-state index is 13.2. The first kappa shape index (κ1) is 23.9. The van der Waals surface area contributed by atoms with Gasteiger partial charge in [-0.1, -0.05) is 42.1 Å². The van der Waals surface area contributed by atoms with Crippen LogP contribution in [-0.2, 0) is 23.3 Å². The molecule has 0 bridgehead atoms. The van der Waals surface area contributed by atoms with E-state index in [9.17, 15) is 13.2 Å². The summed E-state index contributed by atoms with van der Waals surface area (Å²) in [7, 11) is -1.66. The number of nitrogen functional groups attached to an aromatic ring is 1. The van der Waals surface area contributed by atoms with Gasteiger partial charge in [-0.3, -0.25) is 9.36 Å². The first-order valence-electron chi connectivity index (χ1n) is 11.5. The first-order valence-corrected chi connectivity index (χ1v) is 14.2. The van der Waals surface area contributed by atoms with Crippen molar-refractivity contribution in [2.45, 2.75) is 40.0 Å². The second kappa shape index (κ2) is 8.69. The Labute approximate surface area is 209 Å². The van der Waals surface area contributed by atoms with Crippen LogP contribution in [0.3, 0.4) is 0 Å². The number of hydrogen-bond acceptors (Lipinski definition) is 8. The number of benzene rings is 2. The van der Waals surface area contributed by atoms with Crippen LogP contribution >= 0.6 is 11.8 Å². The fraction of sp³-hybridized carbons (Fsp3) is 0.360. The summed E-state index contributed by atoms with van der Waals surface area (Å²) < 4.78 is 25.3. The van der Waals surface area contributed by atoms with Gasteiger partial charge < -0.3 is 16.4 Å². The first-order chi connectivity index (χ1) is 16.6. The van der Waals surface area contributed by atoms with E-state index in [1.54, 1.807) is 25.2 Å². The van der Waals surface area contributed by atoms with E-state index in [1.165, 1.54) is 21.8 Å². The van der Waals surface area contributed by atoms with Crippen molar-refractivity contribution in [2.24, 2.45) is 18.2 Å². The summed E-state index contributed by atoms with van der Waals surface area (Å²) in [5, 5.41) is 0. The zero-order chi connectivity index (χ0) is 25.0. The smallest absolute Gasteiger partial charge is 0.270 e. The summed E-state index contributed by atoms with van der Waals surface area (Å²) in [6, 6.07) is 14.9. The molecule has 1 spiro atoms. The Kier molecular flexibility index (Phi) is 5.93. The highest BCUT2D eigenvalue weighted by Crippen LogP contribution is 2.50. The molecule has 5 rings (SSSR count). The average molecular weight is 512 g/mol. The zero-order valence-corrected chi connectivity index (χ0v) is 21.4. The van der Waals surface area contributed by atoms with Crippen molar-refractivity contribution in [3.8, 4) is 0 Å². The number of piperidine rings is 1. The molecule has 184 valence electrons. The second-order valence-corrected chi connectivity index (χ2v) is 12.6. The molecule has 0 unspecified atom stereocenters. The van der Waals surface area contributed by atoms with Crippen LogP contribution in [0.25, 0.3) is 0 Å². The van der Waals surface area contributed by atoms with Gasteiger partial charge in [0.2, 0.25) is 5.95 Å². The lowest BCUT2D eigenvalue weighted by Gasteiger charge is -2.42. The third kappa shape index (κ3) is 4.23. The predicted octanol–water partition coefficient (Wildman–Crippen LogP) is 2.76. The fourth-order valence-corrected chi connectivity index (χ4v) is 6.99. The zero-order valence-electron chi connectivity index (χ0n) is 19.8. The Morgan fingerprint density at radius 2 is 1.83 bits per heavy atom. The number of nitrogens with two attached hydrogens (primary N) is 2. The topological polar surface area (TPSA) is 124 Å². The van der Waals surface area contributed by atoms with Crippen LogP contribution in [0.1, 0.15) is 30.0 Å². The van der Waals surface area contributed by atoms with Crippen molar-refractivity contribution in [1.82, 2.24) is 9.55 Å². The summed E-state index contributed by atoms with van der Waals surface area (Å²) in [5.74, 6) is 0.684. The molecule has 3 aromatic rings. The highest BCUT2D eigenvalue weighted by Gasteiger charge is 2.46. The van der Waals surface area contributed by atoms with Gasteiger partial charge in [-0.15, -0.1) is 0 Å².